The Hall–Kier alpha value is -1.55. The van der Waals surface area contributed by atoms with Gasteiger partial charge in [-0.1, -0.05) is 18.2 Å². The van der Waals surface area contributed by atoms with Crippen LogP contribution in [0.4, 0.5) is 0 Å². The molecule has 0 bridgehead atoms. The lowest BCUT2D eigenvalue weighted by Gasteiger charge is -2.13. The Morgan fingerprint density at radius 3 is 2.79 bits per heavy atom. The quantitative estimate of drug-likeness (QED) is 0.692. The van der Waals surface area contributed by atoms with Crippen LogP contribution in [0.1, 0.15) is 18.0 Å². The summed E-state index contributed by atoms with van der Waals surface area (Å²) >= 11 is 0. The van der Waals surface area contributed by atoms with E-state index < -0.39 is 0 Å². The van der Waals surface area contributed by atoms with Gasteiger partial charge in [0, 0.05) is 19.0 Å². The Morgan fingerprint density at radius 2 is 2.21 bits per heavy atom. The van der Waals surface area contributed by atoms with Crippen LogP contribution in [0, 0.1) is 0 Å². The maximum Gasteiger partial charge on any atom is 0.238 e. The Bertz CT molecular complexity index is 365. The van der Waals surface area contributed by atoms with Crippen molar-refractivity contribution in [3.63, 3.8) is 0 Å². The summed E-state index contributed by atoms with van der Waals surface area (Å²) in [6.07, 6.45) is 0.397. The van der Waals surface area contributed by atoms with E-state index in [1.807, 2.05) is 12.1 Å². The maximum absolute atomic E-state index is 11.3. The van der Waals surface area contributed by atoms with E-state index in [0.717, 1.165) is 5.56 Å². The number of amides is 1. The van der Waals surface area contributed by atoms with Gasteiger partial charge < -0.3 is 5.11 Å². The predicted molar refractivity (Wildman–Crippen MR) is 51.4 cm³/mol. The van der Waals surface area contributed by atoms with Crippen molar-refractivity contribution in [2.24, 2.45) is 0 Å². The zero-order chi connectivity index (χ0) is 10.1. The van der Waals surface area contributed by atoms with Crippen molar-refractivity contribution in [1.82, 2.24) is 10.4 Å². The molecule has 1 aromatic rings. The van der Waals surface area contributed by atoms with E-state index in [-0.39, 0.29) is 17.7 Å². The van der Waals surface area contributed by atoms with Gasteiger partial charge in [-0.25, -0.2) is 5.43 Å². The zero-order valence-corrected chi connectivity index (χ0v) is 7.90. The van der Waals surface area contributed by atoms with Crippen LogP contribution >= 0.6 is 0 Å². The van der Waals surface area contributed by atoms with Gasteiger partial charge in [0.25, 0.3) is 0 Å². The molecule has 0 spiro atoms. The molecule has 74 valence electrons. The number of rotatable bonds is 1. The normalized spacial score (nSPS) is 21.6. The number of carbonyl (C=O) groups is 1. The molecule has 4 nitrogen and oxygen atoms in total. The molecule has 0 saturated carbocycles. The van der Waals surface area contributed by atoms with Gasteiger partial charge in [0.2, 0.25) is 5.91 Å². The number of aromatic hydroxyl groups is 1. The fraction of sp³-hybridized carbons (Fsp3) is 0.300. The first kappa shape index (κ1) is 9.02. The number of nitrogens with zero attached hydrogens (tertiary/aromatic N) is 1. The van der Waals surface area contributed by atoms with Crippen LogP contribution in [0.15, 0.2) is 24.3 Å². The van der Waals surface area contributed by atoms with Crippen LogP contribution in [0.5, 0.6) is 5.75 Å². The highest BCUT2D eigenvalue weighted by Crippen LogP contribution is 2.29. The van der Waals surface area contributed by atoms with Crippen LogP contribution < -0.4 is 5.43 Å². The molecule has 1 saturated heterocycles. The summed E-state index contributed by atoms with van der Waals surface area (Å²) in [5.74, 6) is 0.270. The summed E-state index contributed by atoms with van der Waals surface area (Å²) in [4.78, 5) is 11.3. The molecule has 1 unspecified atom stereocenters. The van der Waals surface area contributed by atoms with Gasteiger partial charge in [-0.2, -0.15) is 0 Å². The van der Waals surface area contributed by atoms with E-state index in [9.17, 15) is 9.90 Å². The van der Waals surface area contributed by atoms with E-state index in [0.29, 0.717) is 6.42 Å². The van der Waals surface area contributed by atoms with Gasteiger partial charge in [0.05, 0.1) is 6.04 Å². The number of hydrogen-bond donors (Lipinski definition) is 2. The molecule has 1 amide bonds. The van der Waals surface area contributed by atoms with Crippen molar-refractivity contribution in [1.29, 1.82) is 0 Å². The molecule has 1 atom stereocenters. The van der Waals surface area contributed by atoms with Crippen LogP contribution in [0.25, 0.3) is 0 Å². The number of nitrogens with one attached hydrogen (secondary N) is 1. The number of hydrogen-bond acceptors (Lipinski definition) is 3. The van der Waals surface area contributed by atoms with Gasteiger partial charge in [0.15, 0.2) is 0 Å². The Labute approximate surface area is 82.1 Å². The smallest absolute Gasteiger partial charge is 0.238 e. The average Bonchev–Trinajstić information content (AvgIpc) is 2.48. The third kappa shape index (κ3) is 1.44. The molecule has 0 radical (unpaired) electrons. The lowest BCUT2D eigenvalue weighted by Crippen LogP contribution is -2.30. The highest BCUT2D eigenvalue weighted by atomic mass is 16.3. The summed E-state index contributed by atoms with van der Waals surface area (Å²) in [6.45, 7) is 0. The lowest BCUT2D eigenvalue weighted by molar-refractivity contribution is -0.128. The van der Waals surface area contributed by atoms with Crippen LogP contribution in [-0.4, -0.2) is 23.1 Å². The molecule has 1 aliphatic heterocycles. The number of carbonyl (C=O) groups excluding carboxylic acids is 1. The largest absolute Gasteiger partial charge is 0.508 e. The molecular formula is C10H12N2O2. The lowest BCUT2D eigenvalue weighted by atomic mass is 10.0. The predicted octanol–water partition coefficient (Wildman–Crippen LogP) is 0.800. The zero-order valence-electron chi connectivity index (χ0n) is 7.90. The van der Waals surface area contributed by atoms with Gasteiger partial charge in [-0.05, 0) is 6.07 Å². The third-order valence-corrected chi connectivity index (χ3v) is 2.41. The second-order valence-electron chi connectivity index (χ2n) is 3.40. The fourth-order valence-electron chi connectivity index (χ4n) is 1.62. The van der Waals surface area contributed by atoms with Crippen molar-refractivity contribution in [3.05, 3.63) is 29.8 Å². The second-order valence-corrected chi connectivity index (χ2v) is 3.40. The number of para-hydroxylation sites is 1. The molecule has 0 aromatic heterocycles. The van der Waals surface area contributed by atoms with Crippen molar-refractivity contribution in [2.45, 2.75) is 12.5 Å². The summed E-state index contributed by atoms with van der Waals surface area (Å²) in [6, 6.07) is 6.95. The number of hydrazine groups is 1. The third-order valence-electron chi connectivity index (χ3n) is 2.41. The van der Waals surface area contributed by atoms with Crippen molar-refractivity contribution in [2.75, 3.05) is 7.05 Å². The van der Waals surface area contributed by atoms with E-state index in [4.69, 9.17) is 0 Å². The summed E-state index contributed by atoms with van der Waals surface area (Å²) < 4.78 is 0. The standard InChI is InChI=1S/C10H12N2O2/c1-12-10(14)6-8(11-12)7-4-2-3-5-9(7)13/h2-5,8,11,13H,6H2,1H3. The van der Waals surface area contributed by atoms with E-state index in [1.54, 1.807) is 19.2 Å². The molecule has 14 heavy (non-hydrogen) atoms. The van der Waals surface area contributed by atoms with Gasteiger partial charge in [-0.15, -0.1) is 0 Å². The SMILES string of the molecule is CN1NC(c2ccccc2O)CC1=O. The Kier molecular flexibility index (Phi) is 2.13. The summed E-state index contributed by atoms with van der Waals surface area (Å²) in [5.41, 5.74) is 3.75. The number of phenolic OH excluding ortho intramolecular Hbond substituents is 1. The monoisotopic (exact) mass is 192 g/mol. The van der Waals surface area contributed by atoms with Crippen molar-refractivity contribution < 1.29 is 9.90 Å². The van der Waals surface area contributed by atoms with Gasteiger partial charge >= 0.3 is 0 Å². The summed E-state index contributed by atoms with van der Waals surface area (Å²) in [5, 5.41) is 11.0. The van der Waals surface area contributed by atoms with Crippen LogP contribution in [-0.2, 0) is 4.79 Å². The molecular weight excluding hydrogens is 180 g/mol. The highest BCUT2D eigenvalue weighted by molar-refractivity contribution is 5.78. The van der Waals surface area contributed by atoms with E-state index in [2.05, 4.69) is 5.43 Å². The minimum atomic E-state index is -0.103. The van der Waals surface area contributed by atoms with E-state index >= 15 is 0 Å². The van der Waals surface area contributed by atoms with Crippen molar-refractivity contribution >= 4 is 5.91 Å². The van der Waals surface area contributed by atoms with Gasteiger partial charge in [-0.3, -0.25) is 9.80 Å². The van der Waals surface area contributed by atoms with Crippen molar-refractivity contribution in [3.8, 4) is 5.75 Å². The average molecular weight is 192 g/mol. The maximum atomic E-state index is 11.3. The number of phenols is 1. The van der Waals surface area contributed by atoms with Crippen LogP contribution in [0.2, 0.25) is 0 Å². The molecule has 1 aliphatic rings. The minimum absolute atomic E-state index is 0.0400. The minimum Gasteiger partial charge on any atom is -0.508 e. The second kappa shape index (κ2) is 3.31. The first-order valence-electron chi connectivity index (χ1n) is 4.49. The first-order chi connectivity index (χ1) is 6.68. The molecule has 2 rings (SSSR count). The van der Waals surface area contributed by atoms with E-state index in [1.165, 1.54) is 5.01 Å². The first-order valence-corrected chi connectivity index (χ1v) is 4.49. The van der Waals surface area contributed by atoms with Gasteiger partial charge in [0.1, 0.15) is 5.75 Å². The summed E-state index contributed by atoms with van der Waals surface area (Å²) in [7, 11) is 1.68. The molecule has 1 heterocycles. The molecule has 1 fully saturated rings. The molecule has 1 aromatic carbocycles. The molecule has 2 N–H and O–H groups in total. The highest BCUT2D eigenvalue weighted by Gasteiger charge is 2.28. The van der Waals surface area contributed by atoms with Crippen LogP contribution in [0.3, 0.4) is 0 Å². The fourth-order valence-corrected chi connectivity index (χ4v) is 1.62. The topological polar surface area (TPSA) is 52.6 Å². The number of benzene rings is 1. The molecule has 0 aliphatic carbocycles. The Balaban J connectivity index is 2.25. The molecule has 4 heteroatoms. The Morgan fingerprint density at radius 1 is 1.50 bits per heavy atom.